The summed E-state index contributed by atoms with van der Waals surface area (Å²) in [7, 11) is 0. The van der Waals surface area contributed by atoms with Crippen molar-refractivity contribution in [2.75, 3.05) is 13.2 Å². The summed E-state index contributed by atoms with van der Waals surface area (Å²) in [6, 6.07) is 31.6. The lowest BCUT2D eigenvalue weighted by atomic mass is 9.95. The molecule has 3 heteroatoms. The van der Waals surface area contributed by atoms with Crippen LogP contribution in [0.2, 0.25) is 0 Å². The normalized spacial score (nSPS) is 18.7. The largest absolute Gasteiger partial charge is 0.373 e. The highest BCUT2D eigenvalue weighted by molar-refractivity contribution is 5.86. The van der Waals surface area contributed by atoms with Gasteiger partial charge in [0, 0.05) is 1.43 Å². The van der Waals surface area contributed by atoms with Gasteiger partial charge in [0.2, 0.25) is 0 Å². The van der Waals surface area contributed by atoms with Crippen LogP contribution in [0, 0.1) is 0 Å². The molecule has 0 bridgehead atoms. The zero-order valence-corrected chi connectivity index (χ0v) is 15.3. The Morgan fingerprint density at radius 3 is 2.04 bits per heavy atom. The molecule has 1 aliphatic heterocycles. The second-order valence-corrected chi connectivity index (χ2v) is 6.75. The van der Waals surface area contributed by atoms with E-state index in [1.807, 2.05) is 18.2 Å². The minimum absolute atomic E-state index is 0. The standard InChI is InChI=1S/C24H24N2O.H2/c1-4-10-19(11-5-1)16-17-27-18-22-25-23(20-12-6-2-7-13-20)24(26-22)21-14-8-3-9-15-21;/h1-15,23-24H,16-18H2,(H,25,26);1H/t23-,24+;. The van der Waals surface area contributed by atoms with Crippen molar-refractivity contribution < 1.29 is 6.16 Å². The Bertz CT molecular complexity index is 869. The van der Waals surface area contributed by atoms with E-state index in [1.54, 1.807) is 0 Å². The van der Waals surface area contributed by atoms with Gasteiger partial charge in [0.05, 0.1) is 12.6 Å². The monoisotopic (exact) mass is 358 g/mol. The van der Waals surface area contributed by atoms with Crippen LogP contribution >= 0.6 is 0 Å². The number of nitrogens with one attached hydrogen (secondary N) is 1. The molecule has 2 atom stereocenters. The highest BCUT2D eigenvalue weighted by Gasteiger charge is 2.30. The molecule has 0 saturated heterocycles. The Hall–Kier alpha value is -2.91. The van der Waals surface area contributed by atoms with Gasteiger partial charge < -0.3 is 10.1 Å². The van der Waals surface area contributed by atoms with Crippen LogP contribution < -0.4 is 5.32 Å². The molecule has 1 N–H and O–H groups in total. The number of hydrogen-bond donors (Lipinski definition) is 1. The van der Waals surface area contributed by atoms with Crippen LogP contribution in [0.3, 0.4) is 0 Å². The maximum absolute atomic E-state index is 5.90. The molecule has 1 aliphatic rings. The third kappa shape index (κ3) is 4.44. The van der Waals surface area contributed by atoms with Gasteiger partial charge in [-0.15, -0.1) is 0 Å². The molecule has 0 aliphatic carbocycles. The number of rotatable bonds is 7. The first-order chi connectivity index (χ1) is 13.4. The second kappa shape index (κ2) is 8.65. The first-order valence-electron chi connectivity index (χ1n) is 9.45. The summed E-state index contributed by atoms with van der Waals surface area (Å²) in [5.74, 6) is 0.922. The smallest absolute Gasteiger partial charge is 0.124 e. The molecule has 4 rings (SSSR count). The van der Waals surface area contributed by atoms with Crippen molar-refractivity contribution in [2.24, 2.45) is 4.99 Å². The molecular weight excluding hydrogens is 332 g/mol. The number of nitrogens with zero attached hydrogens (tertiary/aromatic N) is 1. The summed E-state index contributed by atoms with van der Waals surface area (Å²) in [4.78, 5) is 4.94. The van der Waals surface area contributed by atoms with Gasteiger partial charge in [0.15, 0.2) is 0 Å². The summed E-state index contributed by atoms with van der Waals surface area (Å²) in [5.41, 5.74) is 3.76. The predicted octanol–water partition coefficient (Wildman–Crippen LogP) is 4.98. The van der Waals surface area contributed by atoms with E-state index in [2.05, 4.69) is 78.1 Å². The molecule has 0 fully saturated rings. The Morgan fingerprint density at radius 2 is 1.37 bits per heavy atom. The summed E-state index contributed by atoms with van der Waals surface area (Å²) in [6.45, 7) is 1.20. The highest BCUT2D eigenvalue weighted by atomic mass is 16.5. The molecule has 3 aromatic rings. The van der Waals surface area contributed by atoms with E-state index in [4.69, 9.17) is 9.73 Å². The van der Waals surface area contributed by atoms with Crippen LogP contribution in [0.4, 0.5) is 0 Å². The molecule has 0 spiro atoms. The van der Waals surface area contributed by atoms with Crippen LogP contribution in [0.1, 0.15) is 30.2 Å². The molecule has 1 heterocycles. The number of ether oxygens (including phenoxy) is 1. The molecule has 0 aromatic heterocycles. The van der Waals surface area contributed by atoms with E-state index in [0.29, 0.717) is 13.2 Å². The zero-order chi connectivity index (χ0) is 18.3. The first-order valence-corrected chi connectivity index (χ1v) is 9.45. The van der Waals surface area contributed by atoms with Gasteiger partial charge in [-0.25, -0.2) is 0 Å². The van der Waals surface area contributed by atoms with Crippen LogP contribution in [-0.2, 0) is 11.2 Å². The van der Waals surface area contributed by atoms with E-state index in [9.17, 15) is 0 Å². The van der Waals surface area contributed by atoms with E-state index in [0.717, 1.165) is 12.3 Å². The van der Waals surface area contributed by atoms with Crippen molar-refractivity contribution in [2.45, 2.75) is 18.5 Å². The summed E-state index contributed by atoms with van der Waals surface area (Å²) < 4.78 is 5.90. The van der Waals surface area contributed by atoms with Crippen LogP contribution in [0.25, 0.3) is 0 Å². The number of benzene rings is 3. The van der Waals surface area contributed by atoms with Crippen molar-refractivity contribution in [3.05, 3.63) is 108 Å². The molecular formula is C24H26N2O. The van der Waals surface area contributed by atoms with E-state index in [-0.39, 0.29) is 13.5 Å². The van der Waals surface area contributed by atoms with Gasteiger partial charge in [0.1, 0.15) is 18.5 Å². The topological polar surface area (TPSA) is 33.6 Å². The highest BCUT2D eigenvalue weighted by Crippen LogP contribution is 2.35. The quantitative estimate of drug-likeness (QED) is 0.605. The van der Waals surface area contributed by atoms with Gasteiger partial charge in [-0.2, -0.15) is 0 Å². The Balaban J connectivity index is 0.00000225. The van der Waals surface area contributed by atoms with Gasteiger partial charge >= 0.3 is 0 Å². The second-order valence-electron chi connectivity index (χ2n) is 6.75. The molecule has 0 saturated carbocycles. The summed E-state index contributed by atoms with van der Waals surface area (Å²) in [6.07, 6.45) is 0.915. The van der Waals surface area contributed by atoms with E-state index >= 15 is 0 Å². The first kappa shape index (κ1) is 17.5. The number of hydrogen-bond acceptors (Lipinski definition) is 3. The molecule has 3 aromatic carbocycles. The minimum Gasteiger partial charge on any atom is -0.373 e. The average molecular weight is 358 g/mol. The maximum Gasteiger partial charge on any atom is 0.124 e. The van der Waals surface area contributed by atoms with E-state index < -0.39 is 0 Å². The van der Waals surface area contributed by atoms with Crippen molar-refractivity contribution >= 4 is 5.84 Å². The molecule has 27 heavy (non-hydrogen) atoms. The van der Waals surface area contributed by atoms with Crippen molar-refractivity contribution in [3.63, 3.8) is 0 Å². The predicted molar refractivity (Wildman–Crippen MR) is 112 cm³/mol. The molecule has 3 nitrogen and oxygen atoms in total. The van der Waals surface area contributed by atoms with Gasteiger partial charge in [-0.3, -0.25) is 4.99 Å². The third-order valence-electron chi connectivity index (χ3n) is 4.85. The lowest BCUT2D eigenvalue weighted by Crippen LogP contribution is -2.27. The molecule has 0 amide bonds. The lowest BCUT2D eigenvalue weighted by molar-refractivity contribution is 0.173. The van der Waals surface area contributed by atoms with Crippen molar-refractivity contribution in [3.8, 4) is 0 Å². The van der Waals surface area contributed by atoms with Gasteiger partial charge in [-0.05, 0) is 23.1 Å². The average Bonchev–Trinajstić information content (AvgIpc) is 3.18. The van der Waals surface area contributed by atoms with E-state index in [1.165, 1.54) is 16.7 Å². The number of amidine groups is 1. The summed E-state index contributed by atoms with van der Waals surface area (Å²) in [5, 5.41) is 3.58. The lowest BCUT2D eigenvalue weighted by Gasteiger charge is -2.19. The van der Waals surface area contributed by atoms with Crippen molar-refractivity contribution in [1.29, 1.82) is 0 Å². The summed E-state index contributed by atoms with van der Waals surface area (Å²) >= 11 is 0. The fourth-order valence-electron chi connectivity index (χ4n) is 3.46. The Labute approximate surface area is 162 Å². The molecule has 138 valence electrons. The SMILES string of the molecule is [HH].c1ccc(CCOCC2=N[C@@H](c3ccccc3)[C@@H](c3ccccc3)N2)cc1. The Kier molecular flexibility index (Phi) is 5.61. The van der Waals surface area contributed by atoms with Crippen LogP contribution in [-0.4, -0.2) is 19.0 Å². The molecule has 0 radical (unpaired) electrons. The fourth-order valence-corrected chi connectivity index (χ4v) is 3.46. The third-order valence-corrected chi connectivity index (χ3v) is 4.85. The number of aliphatic imine (C=N–C) groups is 1. The molecule has 0 unspecified atom stereocenters. The maximum atomic E-state index is 5.90. The Morgan fingerprint density at radius 1 is 0.778 bits per heavy atom. The van der Waals surface area contributed by atoms with Crippen molar-refractivity contribution in [1.82, 2.24) is 5.32 Å². The fraction of sp³-hybridized carbons (Fsp3) is 0.208. The van der Waals surface area contributed by atoms with Gasteiger partial charge in [0.25, 0.3) is 0 Å². The van der Waals surface area contributed by atoms with Crippen LogP contribution in [0.15, 0.2) is 96.0 Å². The van der Waals surface area contributed by atoms with Crippen LogP contribution in [0.5, 0.6) is 0 Å². The van der Waals surface area contributed by atoms with Gasteiger partial charge in [-0.1, -0.05) is 91.0 Å². The zero-order valence-electron chi connectivity index (χ0n) is 15.3. The minimum atomic E-state index is 0.